The van der Waals surface area contributed by atoms with Gasteiger partial charge in [-0.15, -0.1) is 0 Å². The lowest BCUT2D eigenvalue weighted by molar-refractivity contribution is 0.152. The van der Waals surface area contributed by atoms with E-state index < -0.39 is 6.43 Å². The van der Waals surface area contributed by atoms with E-state index in [9.17, 15) is 13.9 Å². The molecule has 1 aliphatic carbocycles. The van der Waals surface area contributed by atoms with Gasteiger partial charge in [0.25, 0.3) is 6.43 Å². The monoisotopic (exact) mass is 265 g/mol. The van der Waals surface area contributed by atoms with Crippen molar-refractivity contribution >= 4 is 0 Å². The van der Waals surface area contributed by atoms with E-state index >= 15 is 0 Å². The van der Waals surface area contributed by atoms with Gasteiger partial charge in [-0.1, -0.05) is 29.4 Å². The third-order valence-electron chi connectivity index (χ3n) is 3.38. The number of hydrogen-bond acceptors (Lipinski definition) is 3. The van der Waals surface area contributed by atoms with Crippen LogP contribution < -0.4 is 0 Å². The Labute approximate surface area is 108 Å². The average Bonchev–Trinajstić information content (AvgIpc) is 3.18. The summed E-state index contributed by atoms with van der Waals surface area (Å²) >= 11 is 0. The number of aliphatic hydroxyl groups is 1. The maximum Gasteiger partial charge on any atom is 0.264 e. The van der Waals surface area contributed by atoms with Crippen LogP contribution in [-0.4, -0.2) is 10.3 Å². The number of aliphatic hydroxyl groups excluding tert-OH is 1. The fourth-order valence-electron chi connectivity index (χ4n) is 2.26. The molecule has 0 aliphatic heterocycles. The molecule has 3 nitrogen and oxygen atoms in total. The lowest BCUT2D eigenvalue weighted by Crippen LogP contribution is -1.95. The van der Waals surface area contributed by atoms with Crippen LogP contribution in [0.15, 0.2) is 28.8 Å². The molecule has 1 N–H and O–H groups in total. The summed E-state index contributed by atoms with van der Waals surface area (Å²) in [7, 11) is 0. The SMILES string of the molecule is OCc1c(-c2ccccc2C(F)F)noc1C1CC1. The highest BCUT2D eigenvalue weighted by molar-refractivity contribution is 5.67. The molecular formula is C14H13F2NO2. The number of nitrogens with zero attached hydrogens (tertiary/aromatic N) is 1. The molecule has 1 heterocycles. The van der Waals surface area contributed by atoms with Gasteiger partial charge in [0, 0.05) is 22.6 Å². The van der Waals surface area contributed by atoms with E-state index in [1.807, 2.05) is 0 Å². The molecule has 5 heteroatoms. The third-order valence-corrected chi connectivity index (χ3v) is 3.38. The normalized spacial score (nSPS) is 15.2. The molecule has 0 atom stereocenters. The molecule has 19 heavy (non-hydrogen) atoms. The Hall–Kier alpha value is -1.75. The van der Waals surface area contributed by atoms with Gasteiger partial charge >= 0.3 is 0 Å². The number of hydrogen-bond donors (Lipinski definition) is 1. The van der Waals surface area contributed by atoms with E-state index in [1.54, 1.807) is 18.2 Å². The van der Waals surface area contributed by atoms with Gasteiger partial charge in [-0.3, -0.25) is 0 Å². The number of rotatable bonds is 4. The summed E-state index contributed by atoms with van der Waals surface area (Å²) in [4.78, 5) is 0. The van der Waals surface area contributed by atoms with Gasteiger partial charge in [0.2, 0.25) is 0 Å². The van der Waals surface area contributed by atoms with E-state index in [-0.39, 0.29) is 18.1 Å². The van der Waals surface area contributed by atoms with Crippen molar-refractivity contribution in [3.8, 4) is 11.3 Å². The highest BCUT2D eigenvalue weighted by Gasteiger charge is 2.32. The zero-order chi connectivity index (χ0) is 13.4. The number of aromatic nitrogens is 1. The Morgan fingerprint density at radius 1 is 1.32 bits per heavy atom. The predicted octanol–water partition coefficient (Wildman–Crippen LogP) is 3.65. The quantitative estimate of drug-likeness (QED) is 0.917. The highest BCUT2D eigenvalue weighted by Crippen LogP contribution is 2.44. The van der Waals surface area contributed by atoms with Crippen molar-refractivity contribution in [2.24, 2.45) is 0 Å². The second-order valence-electron chi connectivity index (χ2n) is 4.69. The summed E-state index contributed by atoms with van der Waals surface area (Å²) in [5, 5.41) is 13.4. The molecule has 1 fully saturated rings. The van der Waals surface area contributed by atoms with E-state index in [0.29, 0.717) is 22.6 Å². The molecule has 1 aromatic heterocycles. The first kappa shape index (κ1) is 12.3. The van der Waals surface area contributed by atoms with Gasteiger partial charge in [-0.05, 0) is 12.8 Å². The molecular weight excluding hydrogens is 252 g/mol. The summed E-state index contributed by atoms with van der Waals surface area (Å²) in [6.45, 7) is -0.248. The standard InChI is InChI=1S/C14H13F2NO2/c15-14(16)10-4-2-1-3-9(10)12-11(7-18)13(19-17-12)8-5-6-8/h1-4,8,14,18H,5-7H2. The second kappa shape index (κ2) is 4.74. The minimum atomic E-state index is -2.58. The van der Waals surface area contributed by atoms with Crippen molar-refractivity contribution in [3.05, 3.63) is 41.2 Å². The van der Waals surface area contributed by atoms with Crippen molar-refractivity contribution in [1.29, 1.82) is 0 Å². The maximum atomic E-state index is 13.0. The number of halogens is 2. The molecule has 1 saturated carbocycles. The van der Waals surface area contributed by atoms with Gasteiger partial charge in [0.1, 0.15) is 11.5 Å². The van der Waals surface area contributed by atoms with E-state index in [4.69, 9.17) is 4.52 Å². The first-order valence-electron chi connectivity index (χ1n) is 6.19. The summed E-state index contributed by atoms with van der Waals surface area (Å²) in [5.41, 5.74) is 1.11. The van der Waals surface area contributed by atoms with Crippen LogP contribution in [0.2, 0.25) is 0 Å². The molecule has 1 aromatic carbocycles. The minimum absolute atomic E-state index is 0.0900. The van der Waals surface area contributed by atoms with Gasteiger partial charge < -0.3 is 9.63 Å². The molecule has 3 rings (SSSR count). The van der Waals surface area contributed by atoms with E-state index in [2.05, 4.69) is 5.16 Å². The van der Waals surface area contributed by atoms with Crippen LogP contribution in [0.3, 0.4) is 0 Å². The van der Waals surface area contributed by atoms with Crippen LogP contribution in [0.5, 0.6) is 0 Å². The molecule has 0 radical (unpaired) electrons. The van der Waals surface area contributed by atoms with Crippen LogP contribution >= 0.6 is 0 Å². The molecule has 1 aliphatic rings. The fourth-order valence-corrected chi connectivity index (χ4v) is 2.26. The fraction of sp³-hybridized carbons (Fsp3) is 0.357. The van der Waals surface area contributed by atoms with Gasteiger partial charge in [-0.25, -0.2) is 8.78 Å². The molecule has 0 saturated heterocycles. The number of alkyl halides is 2. The maximum absolute atomic E-state index is 13.0. The third kappa shape index (κ3) is 2.14. The average molecular weight is 265 g/mol. The van der Waals surface area contributed by atoms with Gasteiger partial charge in [-0.2, -0.15) is 0 Å². The Morgan fingerprint density at radius 2 is 2.05 bits per heavy atom. The zero-order valence-corrected chi connectivity index (χ0v) is 10.1. The van der Waals surface area contributed by atoms with Crippen molar-refractivity contribution in [1.82, 2.24) is 5.16 Å². The molecule has 0 bridgehead atoms. The van der Waals surface area contributed by atoms with Crippen molar-refractivity contribution in [2.45, 2.75) is 31.8 Å². The van der Waals surface area contributed by atoms with Crippen LogP contribution in [0, 0.1) is 0 Å². The van der Waals surface area contributed by atoms with Crippen LogP contribution in [0.4, 0.5) is 8.78 Å². The Bertz CT molecular complexity index is 591. The highest BCUT2D eigenvalue weighted by atomic mass is 19.3. The summed E-state index contributed by atoms with van der Waals surface area (Å²) in [6, 6.07) is 6.18. The first-order chi connectivity index (χ1) is 9.22. The van der Waals surface area contributed by atoms with Crippen molar-refractivity contribution in [2.75, 3.05) is 0 Å². The predicted molar refractivity (Wildman–Crippen MR) is 64.8 cm³/mol. The summed E-state index contributed by atoms with van der Waals surface area (Å²) in [5.74, 6) is 0.920. The Kier molecular flexibility index (Phi) is 3.06. The Morgan fingerprint density at radius 3 is 2.68 bits per heavy atom. The largest absolute Gasteiger partial charge is 0.391 e. The zero-order valence-electron chi connectivity index (χ0n) is 10.1. The first-order valence-corrected chi connectivity index (χ1v) is 6.19. The lowest BCUT2D eigenvalue weighted by Gasteiger charge is -2.07. The van der Waals surface area contributed by atoms with E-state index in [0.717, 1.165) is 12.8 Å². The van der Waals surface area contributed by atoms with Crippen LogP contribution in [0.25, 0.3) is 11.3 Å². The van der Waals surface area contributed by atoms with Gasteiger partial charge in [0.05, 0.1) is 6.61 Å². The summed E-state index contributed by atoms with van der Waals surface area (Å²) < 4.78 is 31.3. The Balaban J connectivity index is 2.11. The smallest absolute Gasteiger partial charge is 0.264 e. The van der Waals surface area contributed by atoms with Gasteiger partial charge in [0.15, 0.2) is 0 Å². The molecule has 0 spiro atoms. The molecule has 0 amide bonds. The molecule has 0 unspecified atom stereocenters. The molecule has 100 valence electrons. The molecule has 2 aromatic rings. The van der Waals surface area contributed by atoms with Crippen LogP contribution in [0.1, 0.15) is 42.1 Å². The second-order valence-corrected chi connectivity index (χ2v) is 4.69. The van der Waals surface area contributed by atoms with Crippen molar-refractivity contribution in [3.63, 3.8) is 0 Å². The topological polar surface area (TPSA) is 46.3 Å². The minimum Gasteiger partial charge on any atom is -0.391 e. The summed E-state index contributed by atoms with van der Waals surface area (Å²) in [6.07, 6.45) is -0.584. The number of benzene rings is 1. The van der Waals surface area contributed by atoms with E-state index in [1.165, 1.54) is 6.07 Å². The lowest BCUT2D eigenvalue weighted by atomic mass is 10.00. The van der Waals surface area contributed by atoms with Crippen molar-refractivity contribution < 1.29 is 18.4 Å². The van der Waals surface area contributed by atoms with Crippen LogP contribution in [-0.2, 0) is 6.61 Å².